The van der Waals surface area contributed by atoms with Crippen molar-refractivity contribution in [3.05, 3.63) is 46.5 Å². The van der Waals surface area contributed by atoms with E-state index >= 15 is 0 Å². The van der Waals surface area contributed by atoms with E-state index < -0.39 is 63.5 Å². The Morgan fingerprint density at radius 3 is 2.09 bits per heavy atom. The molecule has 6 N–H and O–H groups in total. The van der Waals surface area contributed by atoms with Crippen LogP contribution in [0.15, 0.2) is 56.4 Å². The fourth-order valence-corrected chi connectivity index (χ4v) is 3.96. The van der Waals surface area contributed by atoms with Crippen LogP contribution >= 0.6 is 0 Å². The van der Waals surface area contributed by atoms with Crippen LogP contribution < -0.4 is 5.73 Å². The van der Waals surface area contributed by atoms with Crippen LogP contribution in [0.2, 0.25) is 0 Å². The number of hydrogen-bond acceptors (Lipinski definition) is 11. The summed E-state index contributed by atoms with van der Waals surface area (Å²) in [5.74, 6) is -1.43. The first-order valence-electron chi connectivity index (χ1n) is 8.13. The van der Waals surface area contributed by atoms with Gasteiger partial charge in [0.25, 0.3) is 25.9 Å². The number of non-ortho nitro benzene ring substituents is 1. The number of nitrogens with zero attached hydrogens (tertiary/aromatic N) is 3. The minimum Gasteiger partial charge on any atom is -0.507 e. The van der Waals surface area contributed by atoms with Crippen molar-refractivity contribution in [2.24, 2.45) is 10.2 Å². The number of phenols is 2. The molecule has 0 aliphatic rings. The number of benzene rings is 3. The summed E-state index contributed by atoms with van der Waals surface area (Å²) >= 11 is 0. The summed E-state index contributed by atoms with van der Waals surface area (Å²) in [7, 11) is -9.80. The van der Waals surface area contributed by atoms with Gasteiger partial charge in [0.15, 0.2) is 0 Å². The number of phenolic OH excluding ortho intramolecular Hbond substituents is 2. The fraction of sp³-hybridized carbons (Fsp3) is 0. The topological polar surface area (TPSA) is 243 Å². The summed E-state index contributed by atoms with van der Waals surface area (Å²) in [6.07, 6.45) is 0. The lowest BCUT2D eigenvalue weighted by Gasteiger charge is -2.12. The van der Waals surface area contributed by atoms with E-state index in [1.165, 1.54) is 0 Å². The molecule has 0 atom stereocenters. The summed E-state index contributed by atoms with van der Waals surface area (Å²) < 4.78 is 65.2. The lowest BCUT2D eigenvalue weighted by molar-refractivity contribution is -0.384. The van der Waals surface area contributed by atoms with Crippen LogP contribution in [0.25, 0.3) is 10.8 Å². The molecule has 3 rings (SSSR count). The predicted molar refractivity (Wildman–Crippen MR) is 109 cm³/mol. The maximum atomic E-state index is 11.9. The predicted octanol–water partition coefficient (Wildman–Crippen LogP) is 2.65. The van der Waals surface area contributed by atoms with Crippen LogP contribution in [-0.2, 0) is 20.2 Å². The van der Waals surface area contributed by atoms with E-state index in [-0.39, 0.29) is 16.5 Å². The van der Waals surface area contributed by atoms with Crippen LogP contribution in [0.3, 0.4) is 0 Å². The Bertz CT molecular complexity index is 1530. The number of nitro groups is 1. The minimum atomic E-state index is -5.02. The zero-order valence-corrected chi connectivity index (χ0v) is 17.1. The molecule has 0 heterocycles. The van der Waals surface area contributed by atoms with Crippen LogP contribution in [-0.4, -0.2) is 41.1 Å². The molecule has 0 unspecified atom stereocenters. The van der Waals surface area contributed by atoms with Gasteiger partial charge in [-0.1, -0.05) is 0 Å². The number of anilines is 1. The Hall–Kier alpha value is -3.86. The number of fused-ring (bicyclic) bond motifs is 1. The van der Waals surface area contributed by atoms with Gasteiger partial charge in [-0.2, -0.15) is 16.8 Å². The lowest BCUT2D eigenvalue weighted by Crippen LogP contribution is -2.03. The van der Waals surface area contributed by atoms with Crippen molar-refractivity contribution in [2.45, 2.75) is 9.79 Å². The molecule has 0 aromatic heterocycles. The number of rotatable bonds is 5. The van der Waals surface area contributed by atoms with Crippen LogP contribution in [0, 0.1) is 10.1 Å². The molecule has 0 saturated heterocycles. The second-order valence-electron chi connectivity index (χ2n) is 6.26. The highest BCUT2D eigenvalue weighted by Gasteiger charge is 2.24. The van der Waals surface area contributed by atoms with E-state index in [4.69, 9.17) is 5.73 Å². The third-order valence-electron chi connectivity index (χ3n) is 4.17. The molecule has 0 spiro atoms. The van der Waals surface area contributed by atoms with Crippen molar-refractivity contribution < 1.29 is 41.1 Å². The summed E-state index contributed by atoms with van der Waals surface area (Å²) in [6, 6.07) is 4.97. The van der Waals surface area contributed by atoms with E-state index in [1.807, 2.05) is 0 Å². The maximum Gasteiger partial charge on any atom is 0.296 e. The molecule has 3 aromatic rings. The molecule has 0 radical (unpaired) electrons. The molecule has 0 aliphatic heterocycles. The zero-order valence-electron chi connectivity index (χ0n) is 15.4. The van der Waals surface area contributed by atoms with Crippen LogP contribution in [0.5, 0.6) is 11.5 Å². The fourth-order valence-electron chi connectivity index (χ4n) is 2.75. The molecule has 0 aliphatic carbocycles. The molecule has 0 amide bonds. The number of nitrogen functional groups attached to an aromatic ring is 1. The van der Waals surface area contributed by atoms with Gasteiger partial charge in [0.05, 0.1) is 21.6 Å². The van der Waals surface area contributed by atoms with Gasteiger partial charge in [-0.05, 0) is 23.6 Å². The van der Waals surface area contributed by atoms with E-state index in [9.17, 15) is 46.3 Å². The van der Waals surface area contributed by atoms with Crippen molar-refractivity contribution in [1.82, 2.24) is 0 Å². The molecule has 16 heteroatoms. The first kappa shape index (κ1) is 22.8. The Kier molecular flexibility index (Phi) is 5.48. The monoisotopic (exact) mass is 484 g/mol. The summed E-state index contributed by atoms with van der Waals surface area (Å²) in [5, 5.41) is 37.4. The van der Waals surface area contributed by atoms with Gasteiger partial charge in [0, 0.05) is 17.5 Å². The molecular weight excluding hydrogens is 472 g/mol. The van der Waals surface area contributed by atoms with Crippen molar-refractivity contribution in [3.63, 3.8) is 0 Å². The molecule has 0 saturated carbocycles. The van der Waals surface area contributed by atoms with Gasteiger partial charge in [0.2, 0.25) is 0 Å². The third kappa shape index (κ3) is 4.28. The van der Waals surface area contributed by atoms with E-state index in [0.717, 1.165) is 30.3 Å². The van der Waals surface area contributed by atoms with E-state index in [2.05, 4.69) is 10.2 Å². The van der Waals surface area contributed by atoms with E-state index in [0.29, 0.717) is 6.07 Å². The summed E-state index contributed by atoms with van der Waals surface area (Å²) in [4.78, 5) is 8.26. The second kappa shape index (κ2) is 7.68. The first-order valence-corrected chi connectivity index (χ1v) is 11.0. The Labute approximate surface area is 178 Å². The highest BCUT2D eigenvalue weighted by Crippen LogP contribution is 2.43. The van der Waals surface area contributed by atoms with Gasteiger partial charge in [0.1, 0.15) is 27.8 Å². The van der Waals surface area contributed by atoms with Gasteiger partial charge in [-0.3, -0.25) is 19.2 Å². The van der Waals surface area contributed by atoms with Crippen molar-refractivity contribution in [3.8, 4) is 11.5 Å². The molecular formula is C16H12N4O10S2. The Morgan fingerprint density at radius 2 is 1.56 bits per heavy atom. The number of nitro benzene ring substituents is 1. The molecule has 3 aromatic carbocycles. The lowest BCUT2D eigenvalue weighted by atomic mass is 10.1. The number of nitrogens with two attached hydrogens (primary N) is 1. The second-order valence-corrected chi connectivity index (χ2v) is 9.07. The highest BCUT2D eigenvalue weighted by atomic mass is 32.2. The zero-order chi connectivity index (χ0) is 24.0. The molecule has 0 fully saturated rings. The highest BCUT2D eigenvalue weighted by molar-refractivity contribution is 7.86. The third-order valence-corrected chi connectivity index (χ3v) is 5.87. The largest absolute Gasteiger partial charge is 0.507 e. The van der Waals surface area contributed by atoms with Crippen molar-refractivity contribution >= 4 is 53.8 Å². The Morgan fingerprint density at radius 1 is 0.906 bits per heavy atom. The van der Waals surface area contributed by atoms with Gasteiger partial charge in [-0.25, -0.2) is 0 Å². The molecule has 168 valence electrons. The first-order chi connectivity index (χ1) is 14.7. The quantitative estimate of drug-likeness (QED) is 0.116. The van der Waals surface area contributed by atoms with Crippen molar-refractivity contribution in [1.29, 1.82) is 0 Å². The van der Waals surface area contributed by atoms with Gasteiger partial charge < -0.3 is 15.9 Å². The normalized spacial score (nSPS) is 12.4. The van der Waals surface area contributed by atoms with Crippen LogP contribution in [0.1, 0.15) is 0 Å². The SMILES string of the molecule is Nc1c(N=Nc2ccc([N+](=O)[O-])cc2O)c(S(=O)(=O)O)cc2cc(S(=O)(=O)O)cc(O)c12. The van der Waals surface area contributed by atoms with E-state index in [1.54, 1.807) is 0 Å². The molecule has 0 bridgehead atoms. The standard InChI is InChI=1S/C16H12N4O10S2/c17-15-14-7(3-9(6-12(14)22)31(25,26)27)4-13(32(28,29)30)16(15)19-18-10-2-1-8(20(23)24)5-11(10)21/h1-6,21-22H,17H2,(H,25,26,27)(H,28,29,30). The summed E-state index contributed by atoms with van der Waals surface area (Å²) in [5.41, 5.74) is 3.90. The Balaban J connectivity index is 2.29. The average molecular weight is 484 g/mol. The number of aromatic hydroxyl groups is 2. The smallest absolute Gasteiger partial charge is 0.296 e. The number of hydrogen-bond donors (Lipinski definition) is 5. The van der Waals surface area contributed by atoms with Crippen molar-refractivity contribution in [2.75, 3.05) is 5.73 Å². The summed E-state index contributed by atoms with van der Waals surface area (Å²) in [6.45, 7) is 0. The average Bonchev–Trinajstić information content (AvgIpc) is 2.65. The minimum absolute atomic E-state index is 0.272. The van der Waals surface area contributed by atoms with Gasteiger partial charge in [-0.15, -0.1) is 10.2 Å². The molecule has 14 nitrogen and oxygen atoms in total. The van der Waals surface area contributed by atoms with Crippen LogP contribution in [0.4, 0.5) is 22.7 Å². The van der Waals surface area contributed by atoms with Gasteiger partial charge >= 0.3 is 0 Å². The maximum absolute atomic E-state index is 11.9. The number of azo groups is 1. The molecule has 32 heavy (non-hydrogen) atoms.